The van der Waals surface area contributed by atoms with Crippen LogP contribution in [0.5, 0.6) is 0 Å². The first-order valence-electron chi connectivity index (χ1n) is 11.3. The Morgan fingerprint density at radius 2 is 1.00 bits per heavy atom. The van der Waals surface area contributed by atoms with Crippen molar-refractivity contribution in [3.63, 3.8) is 0 Å². The predicted molar refractivity (Wildman–Crippen MR) is 147 cm³/mol. The van der Waals surface area contributed by atoms with Crippen molar-refractivity contribution in [2.75, 3.05) is 13.1 Å². The highest BCUT2D eigenvalue weighted by molar-refractivity contribution is 9.10. The smallest absolute Gasteiger partial charge is 0.0794 e. The summed E-state index contributed by atoms with van der Waals surface area (Å²) in [5.41, 5.74) is 11.0. The second kappa shape index (κ2) is 11.9. The minimum atomic E-state index is -0.179. The van der Waals surface area contributed by atoms with Gasteiger partial charge in [0, 0.05) is 22.0 Å². The molecule has 0 unspecified atom stereocenters. The average Bonchev–Trinajstić information content (AvgIpc) is 2.86. The number of halogens is 2. The molecule has 1 heterocycles. The molecule has 2 atom stereocenters. The summed E-state index contributed by atoms with van der Waals surface area (Å²) in [5.74, 6) is 0. The fraction of sp³-hybridized carbons (Fsp3) is 0.172. The second-order valence-corrected chi connectivity index (χ2v) is 10.2. The summed E-state index contributed by atoms with van der Waals surface area (Å²) in [6.07, 6.45) is -0.179. The van der Waals surface area contributed by atoms with Crippen LogP contribution in [-0.2, 0) is 0 Å². The molecule has 1 aliphatic heterocycles. The van der Waals surface area contributed by atoms with Gasteiger partial charge in [0.15, 0.2) is 0 Å². The average molecular weight is 580 g/mol. The Morgan fingerprint density at radius 3 is 1.47 bits per heavy atom. The predicted octanol–water partition coefficient (Wildman–Crippen LogP) is 6.71. The molecule has 0 aromatic heterocycles. The number of nitrogens with two attached hydrogens (primary N) is 1. The van der Waals surface area contributed by atoms with Gasteiger partial charge >= 0.3 is 0 Å². The minimum Gasteiger partial charge on any atom is -0.390 e. The van der Waals surface area contributed by atoms with Crippen LogP contribution in [0.4, 0.5) is 0 Å². The van der Waals surface area contributed by atoms with Gasteiger partial charge < -0.3 is 10.8 Å². The third-order valence-electron chi connectivity index (χ3n) is 5.94. The van der Waals surface area contributed by atoms with E-state index in [0.717, 1.165) is 33.2 Å². The molecule has 0 aliphatic carbocycles. The van der Waals surface area contributed by atoms with Crippen molar-refractivity contribution in [1.82, 2.24) is 4.90 Å². The molecule has 1 saturated heterocycles. The van der Waals surface area contributed by atoms with Gasteiger partial charge in [0.25, 0.3) is 0 Å². The third-order valence-corrected chi connectivity index (χ3v) is 7.00. The van der Waals surface area contributed by atoms with Crippen molar-refractivity contribution in [3.8, 4) is 0 Å². The zero-order valence-corrected chi connectivity index (χ0v) is 21.9. The molecule has 0 saturated carbocycles. The van der Waals surface area contributed by atoms with E-state index in [9.17, 15) is 5.11 Å². The van der Waals surface area contributed by atoms with E-state index in [4.69, 9.17) is 5.73 Å². The fourth-order valence-electron chi connectivity index (χ4n) is 4.12. The van der Waals surface area contributed by atoms with E-state index < -0.39 is 0 Å². The largest absolute Gasteiger partial charge is 0.390 e. The van der Waals surface area contributed by atoms with Crippen molar-refractivity contribution in [1.29, 1.82) is 0 Å². The zero-order valence-electron chi connectivity index (χ0n) is 18.8. The number of aliphatic hydroxyl groups is 1. The van der Waals surface area contributed by atoms with E-state index in [0.29, 0.717) is 0 Å². The molecule has 174 valence electrons. The van der Waals surface area contributed by atoms with E-state index >= 15 is 0 Å². The van der Waals surface area contributed by atoms with Gasteiger partial charge in [-0.15, -0.1) is 0 Å². The standard InChI is InChI=1S/C16H16BrNO.C13H12BrN/c17-14-8-6-13(7-9-14)16(18-10-15(19)11-18)12-4-2-1-3-5-12;14-12-8-6-11(7-9-12)13(15)10-4-2-1-3-5-10/h1-9,15-16,19H,10-11H2;1-9,13H,15H2/t16-;13-/m11/s1. The summed E-state index contributed by atoms with van der Waals surface area (Å²) in [4.78, 5) is 2.31. The zero-order chi connectivity index (χ0) is 23.9. The van der Waals surface area contributed by atoms with Crippen LogP contribution in [0, 0.1) is 0 Å². The topological polar surface area (TPSA) is 49.5 Å². The highest BCUT2D eigenvalue weighted by atomic mass is 79.9. The SMILES string of the molecule is N[C@H](c1ccccc1)c1ccc(Br)cc1.OC1CN([C@H](c2ccccc2)c2ccc(Br)cc2)C1. The van der Waals surface area contributed by atoms with E-state index in [1.165, 1.54) is 11.1 Å². The van der Waals surface area contributed by atoms with Crippen molar-refractivity contribution in [3.05, 3.63) is 140 Å². The lowest BCUT2D eigenvalue weighted by Gasteiger charge is -2.42. The summed E-state index contributed by atoms with van der Waals surface area (Å²) in [6.45, 7) is 1.49. The first-order valence-corrected chi connectivity index (χ1v) is 12.9. The summed E-state index contributed by atoms with van der Waals surface area (Å²) in [6, 6.07) is 37.3. The Kier molecular flexibility index (Phi) is 8.70. The third kappa shape index (κ3) is 6.44. The van der Waals surface area contributed by atoms with Crippen molar-refractivity contribution in [2.45, 2.75) is 18.2 Å². The Labute approximate surface area is 218 Å². The van der Waals surface area contributed by atoms with Gasteiger partial charge in [0.2, 0.25) is 0 Å². The van der Waals surface area contributed by atoms with Gasteiger partial charge in [-0.05, 0) is 46.5 Å². The van der Waals surface area contributed by atoms with Crippen LogP contribution in [-0.4, -0.2) is 29.2 Å². The molecule has 5 heteroatoms. The number of β-amino-alcohol motifs (C(OH)–C–C–N with tert-alkyl or cyclic N) is 1. The number of likely N-dealkylation sites (tertiary alicyclic amines) is 1. The number of benzene rings is 4. The van der Waals surface area contributed by atoms with E-state index in [1.807, 2.05) is 60.7 Å². The quantitative estimate of drug-likeness (QED) is 0.276. The lowest BCUT2D eigenvalue weighted by Crippen LogP contribution is -2.52. The van der Waals surface area contributed by atoms with Crippen LogP contribution in [0.3, 0.4) is 0 Å². The maximum atomic E-state index is 9.56. The van der Waals surface area contributed by atoms with Crippen LogP contribution in [0.25, 0.3) is 0 Å². The van der Waals surface area contributed by atoms with E-state index in [1.54, 1.807) is 0 Å². The van der Waals surface area contributed by atoms with Crippen molar-refractivity contribution in [2.24, 2.45) is 5.73 Å². The van der Waals surface area contributed by atoms with Gasteiger partial charge in [-0.1, -0.05) is 117 Å². The Balaban J connectivity index is 0.000000166. The molecular weight excluding hydrogens is 552 g/mol. The van der Waals surface area contributed by atoms with Crippen LogP contribution < -0.4 is 5.73 Å². The summed E-state index contributed by atoms with van der Waals surface area (Å²) >= 11 is 6.88. The van der Waals surface area contributed by atoms with Gasteiger partial charge in [-0.2, -0.15) is 0 Å². The number of aliphatic hydroxyl groups excluding tert-OH is 1. The first kappa shape index (κ1) is 24.8. The molecule has 1 fully saturated rings. The van der Waals surface area contributed by atoms with Gasteiger partial charge in [0.1, 0.15) is 0 Å². The van der Waals surface area contributed by atoms with Gasteiger partial charge in [-0.3, -0.25) is 4.90 Å². The molecule has 0 bridgehead atoms. The van der Waals surface area contributed by atoms with Gasteiger partial charge in [-0.25, -0.2) is 0 Å². The molecule has 3 nitrogen and oxygen atoms in total. The van der Waals surface area contributed by atoms with Crippen molar-refractivity contribution < 1.29 is 5.11 Å². The Hall–Kier alpha value is -2.28. The maximum Gasteiger partial charge on any atom is 0.0794 e. The van der Waals surface area contributed by atoms with Crippen molar-refractivity contribution >= 4 is 31.9 Å². The molecule has 0 radical (unpaired) electrons. The minimum absolute atomic E-state index is 0.0423. The lowest BCUT2D eigenvalue weighted by atomic mass is 9.94. The molecule has 3 N–H and O–H groups in total. The second-order valence-electron chi connectivity index (χ2n) is 8.41. The highest BCUT2D eigenvalue weighted by Gasteiger charge is 2.32. The Bertz CT molecular complexity index is 1150. The number of hydrogen-bond acceptors (Lipinski definition) is 3. The molecule has 4 aromatic rings. The first-order chi connectivity index (χ1) is 16.5. The molecule has 1 aliphatic rings. The van der Waals surface area contributed by atoms with Crippen LogP contribution in [0.15, 0.2) is 118 Å². The Morgan fingerprint density at radius 1 is 0.618 bits per heavy atom. The molecule has 34 heavy (non-hydrogen) atoms. The van der Waals surface area contributed by atoms with Gasteiger partial charge in [0.05, 0.1) is 18.2 Å². The maximum absolute atomic E-state index is 9.56. The van der Waals surface area contributed by atoms with Crippen LogP contribution in [0.2, 0.25) is 0 Å². The van der Waals surface area contributed by atoms with Crippen LogP contribution >= 0.6 is 31.9 Å². The summed E-state index contributed by atoms with van der Waals surface area (Å²) in [5, 5.41) is 9.56. The van der Waals surface area contributed by atoms with E-state index in [2.05, 4.69) is 85.3 Å². The lowest BCUT2D eigenvalue weighted by molar-refractivity contribution is -0.0160. The highest BCUT2D eigenvalue weighted by Crippen LogP contribution is 2.32. The molecule has 0 amide bonds. The number of rotatable bonds is 5. The fourth-order valence-corrected chi connectivity index (χ4v) is 4.64. The summed E-state index contributed by atoms with van der Waals surface area (Å²) in [7, 11) is 0. The molecular formula is C29H28Br2N2O. The number of nitrogens with zero attached hydrogens (tertiary/aromatic N) is 1. The summed E-state index contributed by atoms with van der Waals surface area (Å²) < 4.78 is 2.17. The molecule has 5 rings (SSSR count). The number of hydrogen-bond donors (Lipinski definition) is 2. The molecule has 0 spiro atoms. The van der Waals surface area contributed by atoms with E-state index in [-0.39, 0.29) is 18.2 Å². The molecule has 4 aromatic carbocycles. The normalized spacial score (nSPS) is 15.5. The van der Waals surface area contributed by atoms with Crippen LogP contribution in [0.1, 0.15) is 34.3 Å². The monoisotopic (exact) mass is 578 g/mol.